The van der Waals surface area contributed by atoms with Crippen molar-refractivity contribution in [2.24, 2.45) is 23.2 Å². The first-order valence-corrected chi connectivity index (χ1v) is 8.36. The third kappa shape index (κ3) is 2.18. The van der Waals surface area contributed by atoms with Crippen LogP contribution in [0.1, 0.15) is 51.0 Å². The van der Waals surface area contributed by atoms with Gasteiger partial charge in [0.1, 0.15) is 0 Å². The average Bonchev–Trinajstić information content (AvgIpc) is 2.44. The number of aromatic nitrogens is 1. The van der Waals surface area contributed by atoms with Crippen molar-refractivity contribution >= 4 is 0 Å². The van der Waals surface area contributed by atoms with Gasteiger partial charge in [0.25, 0.3) is 0 Å². The minimum Gasteiger partial charge on any atom is -0.310 e. The van der Waals surface area contributed by atoms with E-state index >= 15 is 0 Å². The monoisotopic (exact) mass is 270 g/mol. The number of hydrogen-bond donors (Lipinski definition) is 1. The summed E-state index contributed by atoms with van der Waals surface area (Å²) in [4.78, 5) is 4.10. The lowest BCUT2D eigenvalue weighted by Gasteiger charge is -2.59. The van der Waals surface area contributed by atoms with Gasteiger partial charge in [0.2, 0.25) is 0 Å². The molecule has 4 bridgehead atoms. The van der Waals surface area contributed by atoms with Gasteiger partial charge in [0.15, 0.2) is 0 Å². The van der Waals surface area contributed by atoms with E-state index in [4.69, 9.17) is 0 Å². The molecule has 108 valence electrons. The highest BCUT2D eigenvalue weighted by Gasteiger charge is 2.52. The molecule has 0 unspecified atom stereocenters. The molecular formula is C18H26N2. The van der Waals surface area contributed by atoms with Crippen LogP contribution in [0.4, 0.5) is 0 Å². The molecule has 20 heavy (non-hydrogen) atoms. The lowest BCUT2D eigenvalue weighted by atomic mass is 9.48. The molecule has 2 heteroatoms. The van der Waals surface area contributed by atoms with Crippen molar-refractivity contribution in [3.8, 4) is 0 Å². The summed E-state index contributed by atoms with van der Waals surface area (Å²) >= 11 is 0. The topological polar surface area (TPSA) is 24.9 Å². The van der Waals surface area contributed by atoms with Crippen molar-refractivity contribution < 1.29 is 0 Å². The van der Waals surface area contributed by atoms with E-state index in [9.17, 15) is 0 Å². The highest BCUT2D eigenvalue weighted by Crippen LogP contribution is 2.61. The third-order valence-corrected chi connectivity index (χ3v) is 6.37. The fourth-order valence-corrected chi connectivity index (χ4v) is 5.70. The second-order valence-corrected chi connectivity index (χ2v) is 7.74. The van der Waals surface area contributed by atoms with Crippen LogP contribution in [0, 0.1) is 23.2 Å². The Hall–Kier alpha value is -0.890. The third-order valence-electron chi connectivity index (χ3n) is 6.37. The fraction of sp³-hybridized carbons (Fsp3) is 0.722. The minimum absolute atomic E-state index is 0.613. The van der Waals surface area contributed by atoms with E-state index < -0.39 is 0 Å². The lowest BCUT2D eigenvalue weighted by molar-refractivity contribution is -0.0706. The summed E-state index contributed by atoms with van der Waals surface area (Å²) < 4.78 is 0. The summed E-state index contributed by atoms with van der Waals surface area (Å²) in [6, 6.07) is 4.91. The van der Waals surface area contributed by atoms with Gasteiger partial charge in [-0.2, -0.15) is 0 Å². The Morgan fingerprint density at radius 2 is 1.65 bits per heavy atom. The van der Waals surface area contributed by atoms with Crippen molar-refractivity contribution in [1.82, 2.24) is 10.3 Å². The van der Waals surface area contributed by atoms with Crippen LogP contribution < -0.4 is 5.32 Å². The van der Waals surface area contributed by atoms with Gasteiger partial charge in [-0.1, -0.05) is 0 Å². The molecule has 0 aromatic carbocycles. The van der Waals surface area contributed by atoms with E-state index in [0.29, 0.717) is 11.5 Å². The molecule has 4 aliphatic rings. The zero-order chi connectivity index (χ0) is 13.6. The molecule has 5 rings (SSSR count). The van der Waals surface area contributed by atoms with E-state index in [2.05, 4.69) is 29.4 Å². The lowest BCUT2D eigenvalue weighted by Crippen LogP contribution is -2.54. The normalized spacial score (nSPS) is 40.0. The van der Waals surface area contributed by atoms with Gasteiger partial charge in [-0.15, -0.1) is 0 Å². The Labute approximate surface area is 122 Å². The maximum absolute atomic E-state index is 4.10. The average molecular weight is 270 g/mol. The van der Waals surface area contributed by atoms with Crippen molar-refractivity contribution in [1.29, 1.82) is 0 Å². The van der Waals surface area contributed by atoms with Crippen LogP contribution in [0.2, 0.25) is 0 Å². The van der Waals surface area contributed by atoms with Crippen molar-refractivity contribution in [3.05, 3.63) is 30.1 Å². The Morgan fingerprint density at radius 1 is 1.10 bits per heavy atom. The second-order valence-electron chi connectivity index (χ2n) is 7.74. The molecule has 2 nitrogen and oxygen atoms in total. The summed E-state index contributed by atoms with van der Waals surface area (Å²) in [5.41, 5.74) is 1.97. The van der Waals surface area contributed by atoms with Crippen molar-refractivity contribution in [2.75, 3.05) is 0 Å². The van der Waals surface area contributed by atoms with Gasteiger partial charge >= 0.3 is 0 Å². The fourth-order valence-electron chi connectivity index (χ4n) is 5.70. The van der Waals surface area contributed by atoms with Gasteiger partial charge in [0.05, 0.1) is 0 Å². The first-order valence-electron chi connectivity index (χ1n) is 8.36. The van der Waals surface area contributed by atoms with Crippen LogP contribution in [0.3, 0.4) is 0 Å². The predicted molar refractivity (Wildman–Crippen MR) is 81.1 cm³/mol. The van der Waals surface area contributed by atoms with E-state index in [1.54, 1.807) is 0 Å². The number of nitrogens with one attached hydrogen (secondary N) is 1. The molecule has 0 saturated heterocycles. The maximum Gasteiger partial charge on any atom is 0.0271 e. The first kappa shape index (κ1) is 12.8. The summed E-state index contributed by atoms with van der Waals surface area (Å²) in [6.45, 7) is 3.43. The van der Waals surface area contributed by atoms with Crippen LogP contribution in [-0.4, -0.2) is 11.0 Å². The Kier molecular flexibility index (Phi) is 3.10. The molecule has 4 aliphatic carbocycles. The molecular weight excluding hydrogens is 244 g/mol. The van der Waals surface area contributed by atoms with E-state index in [1.165, 1.54) is 44.1 Å². The summed E-state index contributed by atoms with van der Waals surface area (Å²) in [7, 11) is 0. The van der Waals surface area contributed by atoms with Gasteiger partial charge in [-0.25, -0.2) is 0 Å². The molecule has 0 aliphatic heterocycles. The van der Waals surface area contributed by atoms with Crippen molar-refractivity contribution in [2.45, 2.75) is 58.0 Å². The minimum atomic E-state index is 0.613. The number of pyridine rings is 1. The van der Waals surface area contributed by atoms with E-state index in [1.807, 2.05) is 12.4 Å². The number of nitrogens with zero attached hydrogens (tertiary/aromatic N) is 1. The molecule has 1 aromatic heterocycles. The van der Waals surface area contributed by atoms with Crippen LogP contribution in [0.5, 0.6) is 0 Å². The zero-order valence-electron chi connectivity index (χ0n) is 12.5. The SMILES string of the molecule is C[C@H](NCc1ccncc1)C12CC3CC(CC(C3)C1)C2. The summed E-state index contributed by atoms with van der Waals surface area (Å²) in [6.07, 6.45) is 12.9. The highest BCUT2D eigenvalue weighted by molar-refractivity contribution is 5.10. The standard InChI is InChI=1S/C18H26N2/c1-13(20-12-14-2-4-19-5-3-14)18-9-15-6-16(10-18)8-17(7-15)11-18/h2-5,13,15-17,20H,6-12H2,1H3/t13-,15?,16?,17?,18?/m0/s1. The first-order chi connectivity index (χ1) is 9.73. The van der Waals surface area contributed by atoms with Gasteiger partial charge in [0, 0.05) is 25.0 Å². The molecule has 1 N–H and O–H groups in total. The molecule has 1 heterocycles. The molecule has 0 radical (unpaired) electrons. The van der Waals surface area contributed by atoms with Crippen molar-refractivity contribution in [3.63, 3.8) is 0 Å². The Balaban J connectivity index is 1.44. The maximum atomic E-state index is 4.10. The van der Waals surface area contributed by atoms with Gasteiger partial charge < -0.3 is 5.32 Å². The summed E-state index contributed by atoms with van der Waals surface area (Å²) in [5.74, 6) is 3.14. The van der Waals surface area contributed by atoms with Gasteiger partial charge in [-0.05, 0) is 86.3 Å². The van der Waals surface area contributed by atoms with Crippen LogP contribution >= 0.6 is 0 Å². The molecule has 1 aromatic rings. The predicted octanol–water partition coefficient (Wildman–Crippen LogP) is 3.78. The van der Waals surface area contributed by atoms with Gasteiger partial charge in [-0.3, -0.25) is 4.98 Å². The molecule has 0 spiro atoms. The molecule has 4 fully saturated rings. The molecule has 0 amide bonds. The largest absolute Gasteiger partial charge is 0.310 e. The quantitative estimate of drug-likeness (QED) is 0.900. The van der Waals surface area contributed by atoms with E-state index in [0.717, 1.165) is 24.3 Å². The highest BCUT2D eigenvalue weighted by atomic mass is 14.9. The zero-order valence-corrected chi connectivity index (χ0v) is 12.5. The Morgan fingerprint density at radius 3 is 2.20 bits per heavy atom. The Bertz CT molecular complexity index is 432. The summed E-state index contributed by atoms with van der Waals surface area (Å²) in [5, 5.41) is 3.83. The molecule has 4 saturated carbocycles. The smallest absolute Gasteiger partial charge is 0.0271 e. The second kappa shape index (κ2) is 4.84. The van der Waals surface area contributed by atoms with Crippen LogP contribution in [0.25, 0.3) is 0 Å². The molecule has 1 atom stereocenters. The van der Waals surface area contributed by atoms with E-state index in [-0.39, 0.29) is 0 Å². The number of hydrogen-bond acceptors (Lipinski definition) is 2. The van der Waals surface area contributed by atoms with Crippen LogP contribution in [0.15, 0.2) is 24.5 Å². The van der Waals surface area contributed by atoms with Crippen LogP contribution in [-0.2, 0) is 6.54 Å². The number of rotatable bonds is 4.